The Labute approximate surface area is 115 Å². The number of aryl methyl sites for hydroxylation is 1. The molecule has 19 heavy (non-hydrogen) atoms. The Bertz CT molecular complexity index is 608. The summed E-state index contributed by atoms with van der Waals surface area (Å²) >= 11 is 1.27. The quantitative estimate of drug-likeness (QED) is 0.807. The molecule has 5 nitrogen and oxygen atoms in total. The summed E-state index contributed by atoms with van der Waals surface area (Å²) in [4.78, 5) is 25.1. The first-order valence-electron chi connectivity index (χ1n) is 5.91. The van der Waals surface area contributed by atoms with E-state index in [2.05, 4.69) is 33.5 Å². The van der Waals surface area contributed by atoms with Gasteiger partial charge in [0.1, 0.15) is 15.6 Å². The van der Waals surface area contributed by atoms with Crippen LogP contribution in [0.3, 0.4) is 0 Å². The van der Waals surface area contributed by atoms with Gasteiger partial charge in [0.2, 0.25) is 0 Å². The van der Waals surface area contributed by atoms with Crippen molar-refractivity contribution in [2.45, 2.75) is 26.7 Å². The summed E-state index contributed by atoms with van der Waals surface area (Å²) in [5.74, 6) is -0.135. The van der Waals surface area contributed by atoms with E-state index in [1.54, 1.807) is 6.20 Å². The third-order valence-corrected chi connectivity index (χ3v) is 3.55. The van der Waals surface area contributed by atoms with Crippen LogP contribution in [-0.2, 0) is 4.74 Å². The first-order chi connectivity index (χ1) is 9.02. The maximum Gasteiger partial charge on any atom is 0.349 e. The number of rotatable bonds is 3. The molecule has 0 fully saturated rings. The van der Waals surface area contributed by atoms with E-state index in [0.29, 0.717) is 9.88 Å². The van der Waals surface area contributed by atoms with Crippen LogP contribution >= 0.6 is 11.3 Å². The molecule has 2 aromatic rings. The molecule has 0 bridgehead atoms. The van der Waals surface area contributed by atoms with Gasteiger partial charge in [0.05, 0.1) is 24.7 Å². The molecule has 0 aliphatic heterocycles. The highest BCUT2D eigenvalue weighted by Gasteiger charge is 2.18. The maximum atomic E-state index is 11.5. The van der Waals surface area contributed by atoms with Crippen molar-refractivity contribution in [2.24, 2.45) is 0 Å². The van der Waals surface area contributed by atoms with E-state index in [1.807, 2.05) is 6.92 Å². The lowest BCUT2D eigenvalue weighted by atomic mass is 10.1. The van der Waals surface area contributed by atoms with Crippen LogP contribution in [0.5, 0.6) is 0 Å². The molecule has 0 aliphatic rings. The lowest BCUT2D eigenvalue weighted by Crippen LogP contribution is -2.00. The van der Waals surface area contributed by atoms with Gasteiger partial charge in [-0.1, -0.05) is 13.8 Å². The predicted octanol–water partition coefficient (Wildman–Crippen LogP) is 2.82. The molecule has 0 saturated carbocycles. The SMILES string of the molecule is COC(=O)c1cnc(-c2nc(C)cnc2C(C)C)s1. The Hall–Kier alpha value is -1.82. The lowest BCUT2D eigenvalue weighted by molar-refractivity contribution is 0.0606. The highest BCUT2D eigenvalue weighted by molar-refractivity contribution is 7.16. The standard InChI is InChI=1S/C13H15N3O2S/c1-7(2)10-11(16-8(3)5-14-10)12-15-6-9(19-12)13(17)18-4/h5-7H,1-4H3. The van der Waals surface area contributed by atoms with Crippen molar-refractivity contribution in [1.29, 1.82) is 0 Å². The summed E-state index contributed by atoms with van der Waals surface area (Å²) in [6.07, 6.45) is 3.26. The number of aromatic nitrogens is 3. The molecular formula is C13H15N3O2S. The zero-order chi connectivity index (χ0) is 14.0. The van der Waals surface area contributed by atoms with Gasteiger partial charge in [0.25, 0.3) is 0 Å². The van der Waals surface area contributed by atoms with Crippen molar-refractivity contribution in [2.75, 3.05) is 7.11 Å². The number of hydrogen-bond acceptors (Lipinski definition) is 6. The summed E-state index contributed by atoms with van der Waals surface area (Å²) in [5.41, 5.74) is 2.46. The second-order valence-electron chi connectivity index (χ2n) is 4.42. The monoisotopic (exact) mass is 277 g/mol. The molecule has 0 radical (unpaired) electrons. The maximum absolute atomic E-state index is 11.5. The smallest absolute Gasteiger partial charge is 0.349 e. The molecule has 0 amide bonds. The van der Waals surface area contributed by atoms with Crippen LogP contribution in [0.1, 0.15) is 40.8 Å². The Balaban J connectivity index is 2.49. The fraction of sp³-hybridized carbons (Fsp3) is 0.385. The molecule has 2 aromatic heterocycles. The zero-order valence-corrected chi connectivity index (χ0v) is 12.1. The minimum Gasteiger partial charge on any atom is -0.465 e. The van der Waals surface area contributed by atoms with Crippen molar-refractivity contribution in [3.63, 3.8) is 0 Å². The van der Waals surface area contributed by atoms with Crippen LogP contribution < -0.4 is 0 Å². The minimum atomic E-state index is -0.379. The van der Waals surface area contributed by atoms with Gasteiger partial charge in [-0.3, -0.25) is 4.98 Å². The minimum absolute atomic E-state index is 0.244. The second kappa shape index (κ2) is 5.44. The number of ether oxygens (including phenoxy) is 1. The molecule has 2 rings (SSSR count). The van der Waals surface area contributed by atoms with E-state index in [9.17, 15) is 4.79 Å². The molecule has 100 valence electrons. The van der Waals surface area contributed by atoms with Crippen molar-refractivity contribution in [3.8, 4) is 10.7 Å². The summed E-state index contributed by atoms with van der Waals surface area (Å²) in [6, 6.07) is 0. The molecule has 0 saturated heterocycles. The number of carbonyl (C=O) groups is 1. The fourth-order valence-electron chi connectivity index (χ4n) is 1.65. The van der Waals surface area contributed by atoms with Gasteiger partial charge in [-0.25, -0.2) is 14.8 Å². The first kappa shape index (κ1) is 13.6. The average molecular weight is 277 g/mol. The van der Waals surface area contributed by atoms with Gasteiger partial charge in [-0.05, 0) is 12.8 Å². The number of nitrogens with zero attached hydrogens (tertiary/aromatic N) is 3. The number of thiazole rings is 1. The van der Waals surface area contributed by atoms with Gasteiger partial charge in [0.15, 0.2) is 0 Å². The molecule has 0 aromatic carbocycles. The Morgan fingerprint density at radius 2 is 2.05 bits per heavy atom. The van der Waals surface area contributed by atoms with Crippen molar-refractivity contribution in [3.05, 3.63) is 28.7 Å². The number of carbonyl (C=O) groups excluding carboxylic acids is 1. The van der Waals surface area contributed by atoms with E-state index >= 15 is 0 Å². The topological polar surface area (TPSA) is 65.0 Å². The molecule has 6 heteroatoms. The molecule has 0 N–H and O–H groups in total. The largest absolute Gasteiger partial charge is 0.465 e. The molecule has 0 spiro atoms. The summed E-state index contributed by atoms with van der Waals surface area (Å²) < 4.78 is 4.68. The van der Waals surface area contributed by atoms with E-state index in [-0.39, 0.29) is 11.9 Å². The zero-order valence-electron chi connectivity index (χ0n) is 11.3. The first-order valence-corrected chi connectivity index (χ1v) is 6.72. The predicted molar refractivity (Wildman–Crippen MR) is 73.3 cm³/mol. The molecule has 0 unspecified atom stereocenters. The van der Waals surface area contributed by atoms with Crippen molar-refractivity contribution in [1.82, 2.24) is 15.0 Å². The summed E-state index contributed by atoms with van der Waals surface area (Å²) in [6.45, 7) is 5.99. The van der Waals surface area contributed by atoms with Crippen molar-refractivity contribution >= 4 is 17.3 Å². The lowest BCUT2D eigenvalue weighted by Gasteiger charge is -2.09. The Kier molecular flexibility index (Phi) is 3.90. The van der Waals surface area contributed by atoms with Crippen LogP contribution in [0.4, 0.5) is 0 Å². The van der Waals surface area contributed by atoms with E-state index in [0.717, 1.165) is 17.1 Å². The average Bonchev–Trinajstić information content (AvgIpc) is 2.86. The van der Waals surface area contributed by atoms with Crippen LogP contribution in [0.2, 0.25) is 0 Å². The molecule has 0 atom stereocenters. The van der Waals surface area contributed by atoms with Crippen LogP contribution in [0, 0.1) is 6.92 Å². The number of hydrogen-bond donors (Lipinski definition) is 0. The van der Waals surface area contributed by atoms with E-state index in [1.165, 1.54) is 24.6 Å². The van der Waals surface area contributed by atoms with Gasteiger partial charge in [-0.2, -0.15) is 0 Å². The Morgan fingerprint density at radius 3 is 2.68 bits per heavy atom. The normalized spacial score (nSPS) is 10.8. The highest BCUT2D eigenvalue weighted by Crippen LogP contribution is 2.29. The van der Waals surface area contributed by atoms with Gasteiger partial charge >= 0.3 is 5.97 Å². The van der Waals surface area contributed by atoms with Gasteiger partial charge in [0, 0.05) is 6.20 Å². The van der Waals surface area contributed by atoms with Gasteiger partial charge in [-0.15, -0.1) is 11.3 Å². The second-order valence-corrected chi connectivity index (χ2v) is 5.45. The Morgan fingerprint density at radius 1 is 1.32 bits per heavy atom. The van der Waals surface area contributed by atoms with Crippen LogP contribution in [0.25, 0.3) is 10.7 Å². The third kappa shape index (κ3) is 2.78. The van der Waals surface area contributed by atoms with E-state index < -0.39 is 0 Å². The van der Waals surface area contributed by atoms with Crippen molar-refractivity contribution < 1.29 is 9.53 Å². The number of esters is 1. The highest BCUT2D eigenvalue weighted by atomic mass is 32.1. The van der Waals surface area contributed by atoms with E-state index in [4.69, 9.17) is 0 Å². The summed E-state index contributed by atoms with van der Waals surface area (Å²) in [5, 5.41) is 0.695. The fourth-order valence-corrected chi connectivity index (χ4v) is 2.48. The molecule has 2 heterocycles. The molecule has 0 aliphatic carbocycles. The third-order valence-electron chi connectivity index (χ3n) is 2.56. The molecular weight excluding hydrogens is 262 g/mol. The van der Waals surface area contributed by atoms with Crippen LogP contribution in [0.15, 0.2) is 12.4 Å². The van der Waals surface area contributed by atoms with Crippen LogP contribution in [-0.4, -0.2) is 28.0 Å². The number of methoxy groups -OCH3 is 1. The summed E-state index contributed by atoms with van der Waals surface area (Å²) in [7, 11) is 1.35. The van der Waals surface area contributed by atoms with Gasteiger partial charge < -0.3 is 4.74 Å².